The number of rotatable bonds is 14. The summed E-state index contributed by atoms with van der Waals surface area (Å²) in [5.41, 5.74) is 1.57. The van der Waals surface area contributed by atoms with Gasteiger partial charge in [0.05, 0.1) is 5.60 Å². The van der Waals surface area contributed by atoms with Gasteiger partial charge in [-0.3, -0.25) is 19.2 Å². The van der Waals surface area contributed by atoms with Gasteiger partial charge in [-0.2, -0.15) is 9.59 Å². The maximum atomic E-state index is 10.5. The molecule has 12 N–H and O–H groups in total. The van der Waals surface area contributed by atoms with Crippen LogP contribution in [0.3, 0.4) is 0 Å². The second-order valence-electron chi connectivity index (χ2n) is 9.92. The van der Waals surface area contributed by atoms with Crippen molar-refractivity contribution in [2.45, 2.75) is 133 Å². The molecule has 0 aliphatic heterocycles. The Balaban J connectivity index is -0.0000000599. The van der Waals surface area contributed by atoms with Gasteiger partial charge in [-0.15, -0.1) is 0 Å². The number of aliphatic hydroxyl groups excluding tert-OH is 1. The maximum absolute atomic E-state index is 10.5. The number of carboxylic acid groups (broad SMARTS) is 5. The molecule has 6 atom stereocenters. The number of carboxylic acids is 5. The quantitative estimate of drug-likeness (QED) is 0.0858. The first-order chi connectivity index (χ1) is 21.6. The predicted octanol–water partition coefficient (Wildman–Crippen LogP) is 0.439. The molecule has 51 heavy (non-hydrogen) atoms. The number of ketones is 3. The molecule has 0 saturated carbocycles. The van der Waals surface area contributed by atoms with Crippen LogP contribution >= 0.6 is 0 Å². The lowest BCUT2D eigenvalue weighted by Crippen LogP contribution is -2.44. The molecular formula is C31H61NO19. The molecule has 0 heterocycles. The highest BCUT2D eigenvalue weighted by molar-refractivity contribution is 6.33. The number of aliphatic carboxylic acids is 5. The standard InChI is InChI=1S/C6H13NO2.C6H12O4.C6H10O4.C6H10O3.C4H6O3.CO2.2CH4.H2O/c1-3-4(2)5(7)6(8)9;1-3-6(2,10)4(7)5(8)9;1-3-6(10,4(2)7)5(8)9;1-3-4(2)5(7)6(8)9;1-2-3(5)4(6)7;2-1-3;;;/h4-5H,3,7H2,1-2H3,(H,8,9);4,7,10H,3H2,1-2H3,(H,8,9);10H,3H2,1-2H3,(H,8,9);4H,3H2,1-2H3,(H,8,9);2H2,1H3,(H,6,7);;2*1H4;1H2. The molecule has 0 saturated heterocycles. The lowest BCUT2D eigenvalue weighted by atomic mass is 9.96. The van der Waals surface area contributed by atoms with E-state index in [2.05, 4.69) is 0 Å². The van der Waals surface area contributed by atoms with E-state index in [1.807, 2.05) is 13.8 Å². The lowest BCUT2D eigenvalue weighted by molar-refractivity contribution is -0.192. The Kier molecular flexibility index (Phi) is 49.4. The Morgan fingerprint density at radius 1 is 0.725 bits per heavy atom. The molecule has 0 aromatic carbocycles. The predicted molar refractivity (Wildman–Crippen MR) is 180 cm³/mol. The largest absolute Gasteiger partial charge is 0.480 e. The van der Waals surface area contributed by atoms with Gasteiger partial charge >= 0.3 is 36.0 Å². The van der Waals surface area contributed by atoms with Crippen LogP contribution in [0.2, 0.25) is 0 Å². The van der Waals surface area contributed by atoms with E-state index in [9.17, 15) is 38.4 Å². The van der Waals surface area contributed by atoms with Crippen LogP contribution in [0.4, 0.5) is 0 Å². The summed E-state index contributed by atoms with van der Waals surface area (Å²) in [7, 11) is 0. The van der Waals surface area contributed by atoms with Crippen molar-refractivity contribution in [2.24, 2.45) is 17.6 Å². The molecular weight excluding hydrogens is 690 g/mol. The zero-order chi connectivity index (χ0) is 40.2. The van der Waals surface area contributed by atoms with Crippen LogP contribution in [-0.2, 0) is 47.9 Å². The van der Waals surface area contributed by atoms with Gasteiger partial charge in [0.25, 0.3) is 0 Å². The van der Waals surface area contributed by atoms with Gasteiger partial charge in [0.2, 0.25) is 17.2 Å². The minimum atomic E-state index is -2.18. The molecule has 0 amide bonds. The molecule has 0 aliphatic rings. The summed E-state index contributed by atoms with van der Waals surface area (Å²) < 4.78 is 0. The zero-order valence-corrected chi connectivity index (χ0v) is 29.1. The Labute approximate surface area is 298 Å². The number of carbonyl (C=O) groups excluding carboxylic acids is 5. The molecule has 0 spiro atoms. The van der Waals surface area contributed by atoms with Crippen molar-refractivity contribution in [1.29, 1.82) is 0 Å². The summed E-state index contributed by atoms with van der Waals surface area (Å²) in [5.74, 6) is -8.91. The van der Waals surface area contributed by atoms with Gasteiger partial charge in [-0.05, 0) is 39.0 Å². The molecule has 0 fully saturated rings. The number of carbonyl (C=O) groups is 8. The van der Waals surface area contributed by atoms with Crippen LogP contribution in [0.5, 0.6) is 0 Å². The third kappa shape index (κ3) is 35.2. The first-order valence-corrected chi connectivity index (χ1v) is 14.3. The number of Topliss-reactive ketones (excluding diaryl/α,β-unsaturated/α-hetero) is 3. The second-order valence-corrected chi connectivity index (χ2v) is 9.92. The van der Waals surface area contributed by atoms with Gasteiger partial charge in [0.15, 0.2) is 11.9 Å². The fourth-order valence-electron chi connectivity index (χ4n) is 2.05. The highest BCUT2D eigenvalue weighted by Crippen LogP contribution is 2.14. The van der Waals surface area contributed by atoms with E-state index in [0.717, 1.165) is 13.3 Å². The number of nitrogens with two attached hydrogens (primary N) is 1. The van der Waals surface area contributed by atoms with Crippen molar-refractivity contribution in [3.05, 3.63) is 0 Å². The smallest absolute Gasteiger partial charge is 0.373 e. The molecule has 0 rings (SSSR count). The first-order valence-electron chi connectivity index (χ1n) is 14.3. The fourth-order valence-corrected chi connectivity index (χ4v) is 2.05. The Bertz CT molecular complexity index is 1050. The second kappa shape index (κ2) is 36.8. The molecule has 0 aromatic rings. The van der Waals surface area contributed by atoms with Crippen molar-refractivity contribution in [3.8, 4) is 0 Å². The highest BCUT2D eigenvalue weighted by Gasteiger charge is 2.39. The highest BCUT2D eigenvalue weighted by atomic mass is 16.4. The minimum Gasteiger partial charge on any atom is -0.480 e. The van der Waals surface area contributed by atoms with Gasteiger partial charge in [-0.25, -0.2) is 19.2 Å². The van der Waals surface area contributed by atoms with Gasteiger partial charge in [-0.1, -0.05) is 69.7 Å². The van der Waals surface area contributed by atoms with Crippen LogP contribution in [0, 0.1) is 11.8 Å². The van der Waals surface area contributed by atoms with E-state index in [1.54, 1.807) is 20.8 Å². The van der Waals surface area contributed by atoms with Crippen LogP contribution in [0.25, 0.3) is 0 Å². The third-order valence-corrected chi connectivity index (χ3v) is 6.36. The Morgan fingerprint density at radius 2 is 1.10 bits per heavy atom. The normalized spacial score (nSPS) is 13.4. The number of hydrogen-bond acceptors (Lipinski definition) is 14. The molecule has 0 aliphatic carbocycles. The molecule has 0 bridgehead atoms. The van der Waals surface area contributed by atoms with Crippen LogP contribution in [0.1, 0.15) is 109 Å². The number of aliphatic hydroxyl groups is 3. The summed E-state index contributed by atoms with van der Waals surface area (Å²) in [6, 6.07) is -0.699. The average molecular weight is 752 g/mol. The molecule has 0 radical (unpaired) electrons. The van der Waals surface area contributed by atoms with Crippen molar-refractivity contribution in [3.63, 3.8) is 0 Å². The average Bonchev–Trinajstić information content (AvgIpc) is 3.02. The Morgan fingerprint density at radius 3 is 1.16 bits per heavy atom. The van der Waals surface area contributed by atoms with Crippen molar-refractivity contribution < 1.29 is 94.3 Å². The van der Waals surface area contributed by atoms with Gasteiger partial charge in [0, 0.05) is 12.3 Å². The fraction of sp³-hybridized carbons (Fsp3) is 0.710. The van der Waals surface area contributed by atoms with E-state index in [0.29, 0.717) is 6.42 Å². The van der Waals surface area contributed by atoms with Crippen LogP contribution < -0.4 is 5.73 Å². The maximum Gasteiger partial charge on any atom is 0.373 e. The van der Waals surface area contributed by atoms with E-state index in [4.69, 9.17) is 56.2 Å². The van der Waals surface area contributed by atoms with E-state index in [-0.39, 0.29) is 57.6 Å². The topological polar surface area (TPSA) is 390 Å². The summed E-state index contributed by atoms with van der Waals surface area (Å²) in [4.78, 5) is 97.2. The van der Waals surface area contributed by atoms with Crippen molar-refractivity contribution in [2.75, 3.05) is 0 Å². The van der Waals surface area contributed by atoms with Crippen LogP contribution in [-0.4, -0.2) is 123 Å². The summed E-state index contributed by atoms with van der Waals surface area (Å²) in [6.45, 7) is 14.0. The molecule has 20 heteroatoms. The van der Waals surface area contributed by atoms with E-state index in [1.165, 1.54) is 20.8 Å². The molecule has 6 unspecified atom stereocenters. The van der Waals surface area contributed by atoms with Gasteiger partial charge < -0.3 is 52.1 Å². The SMILES string of the molecule is C.C.CCC(=O)C(=O)O.CCC(C)(O)C(O)C(=O)O.CCC(C)C(=O)C(=O)O.CCC(C)C(N)C(=O)O.CCC(O)(C(C)=O)C(=O)O.O.O=C=O. The summed E-state index contributed by atoms with van der Waals surface area (Å²) >= 11 is 0. The van der Waals surface area contributed by atoms with Crippen molar-refractivity contribution >= 4 is 53.3 Å². The first kappa shape index (κ1) is 68.5. The van der Waals surface area contributed by atoms with Crippen molar-refractivity contribution in [1.82, 2.24) is 0 Å². The number of hydrogen-bond donors (Lipinski definition) is 9. The molecule has 304 valence electrons. The molecule has 20 nitrogen and oxygen atoms in total. The third-order valence-electron chi connectivity index (χ3n) is 6.36. The van der Waals surface area contributed by atoms with E-state index < -0.39 is 70.5 Å². The Hall–Kier alpha value is -4.46. The monoisotopic (exact) mass is 751 g/mol. The molecule has 0 aromatic heterocycles. The minimum absolute atomic E-state index is 0. The summed E-state index contributed by atoms with van der Waals surface area (Å²) in [6.07, 6.45) is 0.143. The van der Waals surface area contributed by atoms with Gasteiger partial charge in [0.1, 0.15) is 6.04 Å². The summed E-state index contributed by atoms with van der Waals surface area (Å²) in [5, 5.41) is 67.9. The lowest BCUT2D eigenvalue weighted by Gasteiger charge is -2.23. The van der Waals surface area contributed by atoms with E-state index >= 15 is 0 Å². The van der Waals surface area contributed by atoms with Crippen LogP contribution in [0.15, 0.2) is 0 Å². The zero-order valence-electron chi connectivity index (χ0n) is 29.1.